The van der Waals surface area contributed by atoms with Gasteiger partial charge in [-0.3, -0.25) is 4.79 Å². The lowest BCUT2D eigenvalue weighted by Gasteiger charge is -2.27. The van der Waals surface area contributed by atoms with Gasteiger partial charge in [0.15, 0.2) is 0 Å². The van der Waals surface area contributed by atoms with E-state index >= 15 is 0 Å². The topological polar surface area (TPSA) is 110 Å². The Kier molecular flexibility index (Phi) is 36.1. The third-order valence-corrected chi connectivity index (χ3v) is 10.2. The van der Waals surface area contributed by atoms with Crippen molar-refractivity contribution in [1.29, 1.82) is 0 Å². The molecule has 0 saturated heterocycles. The minimum atomic E-state index is -1.27. The lowest BCUT2D eigenvalue weighted by molar-refractivity contribution is -0.132. The van der Waals surface area contributed by atoms with Crippen molar-refractivity contribution in [1.82, 2.24) is 5.32 Å². The summed E-state index contributed by atoms with van der Waals surface area (Å²) >= 11 is 0. The molecule has 0 heterocycles. The fraction of sp³-hybridized carbons (Fsp3) is 0.930. The summed E-state index contributed by atoms with van der Waals surface area (Å²) in [5.41, 5.74) is 0. The zero-order valence-electron chi connectivity index (χ0n) is 32.9. The predicted molar refractivity (Wildman–Crippen MR) is 210 cm³/mol. The van der Waals surface area contributed by atoms with Crippen LogP contribution in [0.4, 0.5) is 0 Å². The van der Waals surface area contributed by atoms with Gasteiger partial charge in [-0.05, 0) is 25.2 Å². The first kappa shape index (κ1) is 48.0. The summed E-state index contributed by atoms with van der Waals surface area (Å²) in [5.74, 6) is 0.180. The van der Waals surface area contributed by atoms with E-state index in [4.69, 9.17) is 0 Å². The second-order valence-corrected chi connectivity index (χ2v) is 15.5. The monoisotopic (exact) mass is 696 g/mol. The molecule has 0 aromatic heterocycles. The summed E-state index contributed by atoms with van der Waals surface area (Å²) in [6.45, 7) is 6.36. The van der Waals surface area contributed by atoms with Crippen LogP contribution in [0.25, 0.3) is 0 Å². The Morgan fingerprint density at radius 1 is 0.551 bits per heavy atom. The van der Waals surface area contributed by atoms with Gasteiger partial charge in [0.25, 0.3) is 0 Å². The van der Waals surface area contributed by atoms with Gasteiger partial charge in [0.1, 0.15) is 12.2 Å². The van der Waals surface area contributed by atoms with Gasteiger partial charge in [-0.1, -0.05) is 206 Å². The van der Waals surface area contributed by atoms with Crippen LogP contribution in [-0.2, 0) is 4.79 Å². The van der Waals surface area contributed by atoms with Crippen molar-refractivity contribution < 1.29 is 25.2 Å². The summed E-state index contributed by atoms with van der Waals surface area (Å²) in [7, 11) is 0. The van der Waals surface area contributed by atoms with Crippen LogP contribution >= 0.6 is 0 Å². The molecular weight excluding hydrogens is 610 g/mol. The smallest absolute Gasteiger partial charge is 0.249 e. The molecule has 0 aromatic rings. The largest absolute Gasteiger partial charge is 0.394 e. The third kappa shape index (κ3) is 32.7. The summed E-state index contributed by atoms with van der Waals surface area (Å²) < 4.78 is 0. The molecule has 0 saturated carbocycles. The Bertz CT molecular complexity index is 714. The average molecular weight is 696 g/mol. The highest BCUT2D eigenvalue weighted by Crippen LogP contribution is 2.17. The molecule has 0 spiro atoms. The van der Waals surface area contributed by atoms with E-state index in [0.29, 0.717) is 6.42 Å². The van der Waals surface area contributed by atoms with E-state index < -0.39 is 36.9 Å². The van der Waals surface area contributed by atoms with Gasteiger partial charge in [0, 0.05) is 6.42 Å². The molecule has 1 amide bonds. The molecule has 4 atom stereocenters. The average Bonchev–Trinajstić information content (AvgIpc) is 3.09. The minimum absolute atomic E-state index is 0.194. The van der Waals surface area contributed by atoms with Crippen molar-refractivity contribution >= 4 is 5.91 Å². The number of aliphatic hydroxyl groups is 4. The van der Waals surface area contributed by atoms with Crippen LogP contribution < -0.4 is 5.32 Å². The first-order chi connectivity index (χ1) is 23.8. The Balaban J connectivity index is 3.76. The molecule has 0 rings (SSSR count). The van der Waals surface area contributed by atoms with Crippen LogP contribution in [0.3, 0.4) is 0 Å². The van der Waals surface area contributed by atoms with E-state index in [9.17, 15) is 25.2 Å². The number of hydrogen-bond donors (Lipinski definition) is 5. The Hall–Kier alpha value is -0.950. The maximum absolute atomic E-state index is 12.5. The molecule has 0 radical (unpaired) electrons. The predicted octanol–water partition coefficient (Wildman–Crippen LogP) is 10.9. The molecule has 0 aliphatic rings. The first-order valence-corrected chi connectivity index (χ1v) is 21.4. The number of hydrogen-bond acceptors (Lipinski definition) is 5. The van der Waals surface area contributed by atoms with Gasteiger partial charge in [-0.2, -0.15) is 0 Å². The van der Waals surface area contributed by atoms with E-state index in [0.717, 1.165) is 38.0 Å². The lowest BCUT2D eigenvalue weighted by Crippen LogP contribution is -2.53. The number of carbonyl (C=O) groups excluding carboxylic acids is 1. The summed E-state index contributed by atoms with van der Waals surface area (Å²) in [6.07, 6.45) is 38.3. The van der Waals surface area contributed by atoms with Crippen LogP contribution in [0.5, 0.6) is 0 Å². The van der Waals surface area contributed by atoms with Gasteiger partial charge in [-0.15, -0.1) is 0 Å². The molecular formula is C43H85NO5. The van der Waals surface area contributed by atoms with Crippen molar-refractivity contribution in [3.63, 3.8) is 0 Å². The Morgan fingerprint density at radius 2 is 0.939 bits per heavy atom. The highest BCUT2D eigenvalue weighted by molar-refractivity contribution is 5.81. The van der Waals surface area contributed by atoms with E-state index in [-0.39, 0.29) is 6.42 Å². The highest BCUT2D eigenvalue weighted by atomic mass is 16.3. The number of carbonyl (C=O) groups is 1. The molecule has 292 valence electrons. The SMILES string of the molecule is CCCCCCCCCCCCCCCCCCC/C=C/C[C@@H](O)C(=O)N[C@@H](CO)[C@H](O)[C@H](O)CCCCCCCCCCCCC(C)C. The molecule has 0 fully saturated rings. The molecule has 6 nitrogen and oxygen atoms in total. The van der Waals surface area contributed by atoms with Crippen LogP contribution in [0.15, 0.2) is 12.2 Å². The lowest BCUT2D eigenvalue weighted by atomic mass is 9.99. The van der Waals surface area contributed by atoms with Gasteiger partial charge in [0.2, 0.25) is 5.91 Å². The molecule has 5 N–H and O–H groups in total. The van der Waals surface area contributed by atoms with E-state index in [1.165, 1.54) is 154 Å². The zero-order valence-corrected chi connectivity index (χ0v) is 32.9. The van der Waals surface area contributed by atoms with Gasteiger partial charge >= 0.3 is 0 Å². The van der Waals surface area contributed by atoms with Crippen molar-refractivity contribution in [2.24, 2.45) is 5.92 Å². The number of rotatable bonds is 38. The number of amides is 1. The fourth-order valence-corrected chi connectivity index (χ4v) is 6.71. The van der Waals surface area contributed by atoms with Crippen LogP contribution in [-0.4, -0.2) is 57.3 Å². The molecule has 49 heavy (non-hydrogen) atoms. The Labute approximate surface area is 304 Å². The second-order valence-electron chi connectivity index (χ2n) is 15.5. The Morgan fingerprint density at radius 3 is 1.35 bits per heavy atom. The number of aliphatic hydroxyl groups excluding tert-OH is 4. The quantitative estimate of drug-likeness (QED) is 0.0326. The molecule has 0 bridgehead atoms. The minimum Gasteiger partial charge on any atom is -0.394 e. The van der Waals surface area contributed by atoms with E-state index in [1.54, 1.807) is 0 Å². The molecule has 0 aliphatic carbocycles. The molecule has 0 aromatic carbocycles. The van der Waals surface area contributed by atoms with E-state index in [2.05, 4.69) is 26.1 Å². The highest BCUT2D eigenvalue weighted by Gasteiger charge is 2.28. The van der Waals surface area contributed by atoms with Crippen LogP contribution in [0.1, 0.15) is 220 Å². The van der Waals surface area contributed by atoms with Gasteiger partial charge in [-0.25, -0.2) is 0 Å². The maximum Gasteiger partial charge on any atom is 0.249 e. The van der Waals surface area contributed by atoms with Crippen LogP contribution in [0.2, 0.25) is 0 Å². The van der Waals surface area contributed by atoms with Crippen molar-refractivity contribution in [3.8, 4) is 0 Å². The summed E-state index contributed by atoms with van der Waals surface area (Å²) in [4.78, 5) is 12.5. The second kappa shape index (κ2) is 36.8. The van der Waals surface area contributed by atoms with E-state index in [1.807, 2.05) is 12.2 Å². The van der Waals surface area contributed by atoms with Crippen molar-refractivity contribution in [2.75, 3.05) is 6.61 Å². The summed E-state index contributed by atoms with van der Waals surface area (Å²) in [5, 5.41) is 43.5. The standard InChI is InChI=1S/C43H85NO5/c1-4-5-6-7-8-9-10-11-12-13-14-15-16-17-18-19-24-27-30-33-36-41(47)43(49)44-39(37-45)42(48)40(46)35-32-29-26-23-21-20-22-25-28-31-34-38(2)3/h30,33,38-42,45-48H,4-29,31-32,34-37H2,1-3H3,(H,44,49)/b33-30+/t39-,40+,41+,42-/m0/s1. The molecule has 6 heteroatoms. The molecule has 0 unspecified atom stereocenters. The third-order valence-electron chi connectivity index (χ3n) is 10.2. The van der Waals surface area contributed by atoms with Crippen molar-refractivity contribution in [2.45, 2.75) is 244 Å². The summed E-state index contributed by atoms with van der Waals surface area (Å²) in [6, 6.07) is -1.00. The number of unbranched alkanes of at least 4 members (excludes halogenated alkanes) is 26. The normalized spacial score (nSPS) is 14.4. The van der Waals surface area contributed by atoms with Crippen molar-refractivity contribution in [3.05, 3.63) is 12.2 Å². The molecule has 0 aliphatic heterocycles. The maximum atomic E-state index is 12.5. The number of allylic oxidation sites excluding steroid dienone is 1. The number of nitrogens with one attached hydrogen (secondary N) is 1. The van der Waals surface area contributed by atoms with Gasteiger partial charge < -0.3 is 25.7 Å². The fourth-order valence-electron chi connectivity index (χ4n) is 6.71. The van der Waals surface area contributed by atoms with Gasteiger partial charge in [0.05, 0.1) is 18.8 Å². The first-order valence-electron chi connectivity index (χ1n) is 21.4. The van der Waals surface area contributed by atoms with Crippen LogP contribution in [0, 0.1) is 5.92 Å². The zero-order chi connectivity index (χ0) is 36.2.